The number of imidazole rings is 1. The number of aromatic amines is 1. The Kier molecular flexibility index (Phi) is 2.91. The van der Waals surface area contributed by atoms with Crippen LogP contribution in [0.1, 0.15) is 28.7 Å². The first-order chi connectivity index (χ1) is 9.24. The molecule has 1 saturated heterocycles. The van der Waals surface area contributed by atoms with Crippen LogP contribution < -0.4 is 0 Å². The Bertz CT molecular complexity index is 565. The van der Waals surface area contributed by atoms with Gasteiger partial charge in [-0.25, -0.2) is 9.97 Å². The molecule has 6 heteroatoms. The lowest BCUT2D eigenvalue weighted by Gasteiger charge is -2.15. The van der Waals surface area contributed by atoms with Gasteiger partial charge in [-0.15, -0.1) is 0 Å². The molecule has 19 heavy (non-hydrogen) atoms. The summed E-state index contributed by atoms with van der Waals surface area (Å²) in [4.78, 5) is 25.3. The number of hydrogen-bond acceptors (Lipinski definition) is 4. The van der Waals surface area contributed by atoms with E-state index in [1.807, 2.05) is 0 Å². The fourth-order valence-electron chi connectivity index (χ4n) is 2.34. The molecule has 0 bridgehead atoms. The minimum Gasteiger partial charge on any atom is -0.506 e. The van der Waals surface area contributed by atoms with Gasteiger partial charge in [-0.3, -0.25) is 4.79 Å². The summed E-state index contributed by atoms with van der Waals surface area (Å²) >= 11 is 0. The fourth-order valence-corrected chi connectivity index (χ4v) is 2.34. The fraction of sp³-hybridized carbons (Fsp3) is 0.308. The van der Waals surface area contributed by atoms with Crippen LogP contribution in [0, 0.1) is 0 Å². The second-order valence-corrected chi connectivity index (χ2v) is 4.61. The van der Waals surface area contributed by atoms with Gasteiger partial charge in [0, 0.05) is 31.4 Å². The Balaban J connectivity index is 1.71. The number of hydrogen-bond donors (Lipinski definition) is 2. The third-order valence-corrected chi connectivity index (χ3v) is 3.35. The van der Waals surface area contributed by atoms with Crippen molar-refractivity contribution < 1.29 is 9.90 Å². The number of nitrogens with zero attached hydrogens (tertiary/aromatic N) is 3. The topological polar surface area (TPSA) is 82.1 Å². The molecule has 1 aliphatic heterocycles. The van der Waals surface area contributed by atoms with Crippen LogP contribution in [-0.4, -0.2) is 44.0 Å². The zero-order chi connectivity index (χ0) is 13.2. The molecule has 0 spiro atoms. The Morgan fingerprint density at radius 2 is 2.32 bits per heavy atom. The van der Waals surface area contributed by atoms with Crippen molar-refractivity contribution in [3.8, 4) is 5.75 Å². The number of likely N-dealkylation sites (tertiary alicyclic amines) is 1. The lowest BCUT2D eigenvalue weighted by atomic mass is 10.1. The smallest absolute Gasteiger partial charge is 0.272 e. The maximum atomic E-state index is 12.2. The maximum absolute atomic E-state index is 12.2. The standard InChI is InChI=1S/C13H14N4O2/c18-10-1-2-11(16-7-10)13(19)17-6-3-9(8-17)12-14-4-5-15-12/h1-2,4-5,7,9,18H,3,6,8H2,(H,14,15). The van der Waals surface area contributed by atoms with Crippen LogP contribution in [0.3, 0.4) is 0 Å². The molecule has 1 atom stereocenters. The lowest BCUT2D eigenvalue weighted by Crippen LogP contribution is -2.29. The molecule has 6 nitrogen and oxygen atoms in total. The molecule has 1 amide bonds. The molecule has 0 saturated carbocycles. The largest absolute Gasteiger partial charge is 0.506 e. The van der Waals surface area contributed by atoms with Crippen LogP contribution in [0.15, 0.2) is 30.7 Å². The van der Waals surface area contributed by atoms with Gasteiger partial charge in [0.05, 0.1) is 6.20 Å². The summed E-state index contributed by atoms with van der Waals surface area (Å²) in [6, 6.07) is 3.01. The highest BCUT2D eigenvalue weighted by Gasteiger charge is 2.29. The monoisotopic (exact) mass is 258 g/mol. The van der Waals surface area contributed by atoms with E-state index in [0.717, 1.165) is 12.2 Å². The van der Waals surface area contributed by atoms with Crippen molar-refractivity contribution in [3.05, 3.63) is 42.2 Å². The Hall–Kier alpha value is -2.37. The Labute approximate surface area is 110 Å². The van der Waals surface area contributed by atoms with E-state index in [2.05, 4.69) is 15.0 Å². The summed E-state index contributed by atoms with van der Waals surface area (Å²) in [5.74, 6) is 1.14. The molecular formula is C13H14N4O2. The molecule has 0 aromatic carbocycles. The number of H-pyrrole nitrogens is 1. The lowest BCUT2D eigenvalue weighted by molar-refractivity contribution is 0.0784. The van der Waals surface area contributed by atoms with Crippen molar-refractivity contribution in [2.45, 2.75) is 12.3 Å². The van der Waals surface area contributed by atoms with Crippen molar-refractivity contribution >= 4 is 5.91 Å². The number of nitrogens with one attached hydrogen (secondary N) is 1. The third-order valence-electron chi connectivity index (χ3n) is 3.35. The molecule has 2 aromatic rings. The van der Waals surface area contributed by atoms with Crippen LogP contribution >= 0.6 is 0 Å². The van der Waals surface area contributed by atoms with Gasteiger partial charge in [-0.05, 0) is 18.6 Å². The SMILES string of the molecule is O=C(c1ccc(O)cn1)N1CCC(c2ncc[nH]2)C1. The number of pyridine rings is 1. The number of carbonyl (C=O) groups is 1. The summed E-state index contributed by atoms with van der Waals surface area (Å²) in [5.41, 5.74) is 0.359. The molecule has 3 rings (SSSR count). The van der Waals surface area contributed by atoms with Gasteiger partial charge in [-0.1, -0.05) is 0 Å². The summed E-state index contributed by atoms with van der Waals surface area (Å²) in [7, 11) is 0. The van der Waals surface area contributed by atoms with Gasteiger partial charge >= 0.3 is 0 Å². The van der Waals surface area contributed by atoms with E-state index in [9.17, 15) is 9.90 Å². The highest BCUT2D eigenvalue weighted by atomic mass is 16.3. The van der Waals surface area contributed by atoms with Crippen LogP contribution in [0.4, 0.5) is 0 Å². The number of aromatic hydroxyl groups is 1. The third kappa shape index (κ3) is 2.29. The Morgan fingerprint density at radius 3 is 3.00 bits per heavy atom. The number of amides is 1. The minimum atomic E-state index is -0.103. The second-order valence-electron chi connectivity index (χ2n) is 4.61. The maximum Gasteiger partial charge on any atom is 0.272 e. The highest BCUT2D eigenvalue weighted by molar-refractivity contribution is 5.92. The normalized spacial score (nSPS) is 18.7. The second kappa shape index (κ2) is 4.72. The van der Waals surface area contributed by atoms with Crippen molar-refractivity contribution in [1.29, 1.82) is 0 Å². The van der Waals surface area contributed by atoms with E-state index >= 15 is 0 Å². The zero-order valence-corrected chi connectivity index (χ0v) is 10.3. The minimum absolute atomic E-state index is 0.0615. The molecular weight excluding hydrogens is 244 g/mol. The quantitative estimate of drug-likeness (QED) is 0.846. The van der Waals surface area contributed by atoms with E-state index in [1.165, 1.54) is 18.3 Å². The summed E-state index contributed by atoms with van der Waals surface area (Å²) < 4.78 is 0. The first-order valence-electron chi connectivity index (χ1n) is 6.17. The van der Waals surface area contributed by atoms with Gasteiger partial charge in [0.25, 0.3) is 5.91 Å². The molecule has 0 radical (unpaired) electrons. The van der Waals surface area contributed by atoms with Crippen LogP contribution in [0.2, 0.25) is 0 Å². The summed E-state index contributed by atoms with van der Waals surface area (Å²) in [5, 5.41) is 9.17. The molecule has 1 fully saturated rings. The van der Waals surface area contributed by atoms with Crippen molar-refractivity contribution in [3.63, 3.8) is 0 Å². The highest BCUT2D eigenvalue weighted by Crippen LogP contribution is 2.25. The van der Waals surface area contributed by atoms with E-state index in [0.29, 0.717) is 18.8 Å². The van der Waals surface area contributed by atoms with Crippen LogP contribution in [0.5, 0.6) is 5.75 Å². The first kappa shape index (κ1) is 11.7. The molecule has 1 unspecified atom stereocenters. The number of carbonyl (C=O) groups excluding carboxylic acids is 1. The van der Waals surface area contributed by atoms with Gasteiger partial charge in [0.1, 0.15) is 17.3 Å². The Morgan fingerprint density at radius 1 is 1.42 bits per heavy atom. The molecule has 2 N–H and O–H groups in total. The number of rotatable bonds is 2. The average Bonchev–Trinajstić information content (AvgIpc) is 3.10. The van der Waals surface area contributed by atoms with Crippen LogP contribution in [-0.2, 0) is 0 Å². The average molecular weight is 258 g/mol. The van der Waals surface area contributed by atoms with Gasteiger partial charge < -0.3 is 15.0 Å². The van der Waals surface area contributed by atoms with Gasteiger partial charge in [-0.2, -0.15) is 0 Å². The van der Waals surface area contributed by atoms with Gasteiger partial charge in [0.15, 0.2) is 0 Å². The molecule has 2 aromatic heterocycles. The molecule has 98 valence electrons. The van der Waals surface area contributed by atoms with Crippen LogP contribution in [0.25, 0.3) is 0 Å². The van der Waals surface area contributed by atoms with Crippen molar-refractivity contribution in [2.75, 3.05) is 13.1 Å². The number of aromatic nitrogens is 3. The zero-order valence-electron chi connectivity index (χ0n) is 10.3. The molecule has 1 aliphatic rings. The summed E-state index contributed by atoms with van der Waals surface area (Å²) in [6.45, 7) is 1.35. The van der Waals surface area contributed by atoms with E-state index in [-0.39, 0.29) is 17.6 Å². The first-order valence-corrected chi connectivity index (χ1v) is 6.17. The van der Waals surface area contributed by atoms with Gasteiger partial charge in [0.2, 0.25) is 0 Å². The van der Waals surface area contributed by atoms with E-state index in [1.54, 1.807) is 17.3 Å². The van der Waals surface area contributed by atoms with E-state index < -0.39 is 0 Å². The predicted octanol–water partition coefficient (Wildman–Crippen LogP) is 1.14. The summed E-state index contributed by atoms with van der Waals surface area (Å²) in [6.07, 6.45) is 5.70. The molecule has 3 heterocycles. The predicted molar refractivity (Wildman–Crippen MR) is 67.8 cm³/mol. The molecule has 0 aliphatic carbocycles. The van der Waals surface area contributed by atoms with Crippen molar-refractivity contribution in [2.24, 2.45) is 0 Å². The van der Waals surface area contributed by atoms with E-state index in [4.69, 9.17) is 0 Å². The van der Waals surface area contributed by atoms with Crippen molar-refractivity contribution in [1.82, 2.24) is 19.9 Å².